The molecule has 0 spiro atoms. The molecule has 19 heavy (non-hydrogen) atoms. The molecule has 0 amide bonds. The van der Waals surface area contributed by atoms with Gasteiger partial charge in [0, 0.05) is 12.1 Å². The monoisotopic (exact) mass is 286 g/mol. The molecular formula is C13H19FN2O2S. The van der Waals surface area contributed by atoms with E-state index in [0.717, 1.165) is 31.7 Å². The molecule has 0 aliphatic heterocycles. The molecule has 0 bridgehead atoms. The normalized spacial score (nSPS) is 24.4. The quantitative estimate of drug-likeness (QED) is 0.888. The van der Waals surface area contributed by atoms with Crippen LogP contribution in [0.4, 0.5) is 4.39 Å². The number of halogens is 1. The lowest BCUT2D eigenvalue weighted by molar-refractivity contribution is 0.361. The van der Waals surface area contributed by atoms with Gasteiger partial charge in [0.25, 0.3) is 0 Å². The van der Waals surface area contributed by atoms with E-state index < -0.39 is 15.8 Å². The summed E-state index contributed by atoms with van der Waals surface area (Å²) in [6.45, 7) is 1.58. The predicted octanol–water partition coefficient (Wildman–Crippen LogP) is 1.68. The molecule has 2 rings (SSSR count). The highest BCUT2D eigenvalue weighted by Gasteiger charge is 2.27. The molecule has 1 aliphatic rings. The second-order valence-corrected chi connectivity index (χ2v) is 6.77. The van der Waals surface area contributed by atoms with Gasteiger partial charge in [0.1, 0.15) is 5.82 Å². The Labute approximate surface area is 113 Å². The van der Waals surface area contributed by atoms with Crippen LogP contribution >= 0.6 is 0 Å². The lowest BCUT2D eigenvalue weighted by Gasteiger charge is -2.29. The van der Waals surface area contributed by atoms with Gasteiger partial charge in [-0.25, -0.2) is 17.5 Å². The van der Waals surface area contributed by atoms with Crippen molar-refractivity contribution in [2.45, 2.75) is 49.6 Å². The van der Waals surface area contributed by atoms with Crippen LogP contribution in [0.1, 0.15) is 31.2 Å². The number of sulfonamides is 1. The molecule has 2 atom stereocenters. The van der Waals surface area contributed by atoms with E-state index in [1.165, 1.54) is 12.1 Å². The molecule has 0 radical (unpaired) electrons. The Balaban J connectivity index is 2.22. The fraction of sp³-hybridized carbons (Fsp3) is 0.538. The fourth-order valence-corrected chi connectivity index (χ4v) is 4.03. The number of nitrogens with one attached hydrogen (secondary N) is 1. The van der Waals surface area contributed by atoms with Gasteiger partial charge in [0.15, 0.2) is 0 Å². The molecule has 1 aromatic rings. The molecule has 106 valence electrons. The third kappa shape index (κ3) is 3.32. The van der Waals surface area contributed by atoms with Crippen LogP contribution in [-0.2, 0) is 10.0 Å². The number of benzene rings is 1. The van der Waals surface area contributed by atoms with E-state index in [4.69, 9.17) is 5.73 Å². The van der Waals surface area contributed by atoms with Gasteiger partial charge in [-0.15, -0.1) is 0 Å². The number of hydrogen-bond acceptors (Lipinski definition) is 3. The number of rotatable bonds is 3. The average Bonchev–Trinajstić information content (AvgIpc) is 2.31. The maximum absolute atomic E-state index is 13.0. The zero-order chi connectivity index (χ0) is 14.0. The van der Waals surface area contributed by atoms with E-state index >= 15 is 0 Å². The van der Waals surface area contributed by atoms with E-state index in [2.05, 4.69) is 4.72 Å². The van der Waals surface area contributed by atoms with Gasteiger partial charge in [-0.1, -0.05) is 12.8 Å². The number of nitrogens with two attached hydrogens (primary N) is 1. The van der Waals surface area contributed by atoms with Gasteiger partial charge in [0.2, 0.25) is 10.0 Å². The minimum Gasteiger partial charge on any atom is -0.326 e. The van der Waals surface area contributed by atoms with Crippen molar-refractivity contribution < 1.29 is 12.8 Å². The summed E-state index contributed by atoms with van der Waals surface area (Å²) in [5, 5.41) is 0. The van der Waals surface area contributed by atoms with Crippen LogP contribution in [0.5, 0.6) is 0 Å². The Hall–Kier alpha value is -0.980. The molecule has 6 heteroatoms. The summed E-state index contributed by atoms with van der Waals surface area (Å²) in [5.74, 6) is -0.439. The standard InChI is InChI=1S/C13H19FN2O2S/c1-9-8-10(14)6-7-13(9)19(17,18)16-12-5-3-2-4-11(12)15/h6-8,11-12,16H,2-5,15H2,1H3. The van der Waals surface area contributed by atoms with Crippen molar-refractivity contribution >= 4 is 10.0 Å². The topological polar surface area (TPSA) is 72.2 Å². The van der Waals surface area contributed by atoms with Gasteiger partial charge in [0.05, 0.1) is 4.90 Å². The second kappa shape index (κ2) is 5.56. The highest BCUT2D eigenvalue weighted by atomic mass is 32.2. The van der Waals surface area contributed by atoms with E-state index in [1.807, 2.05) is 0 Å². The molecular weight excluding hydrogens is 267 g/mol. The summed E-state index contributed by atoms with van der Waals surface area (Å²) in [7, 11) is -3.64. The maximum atomic E-state index is 13.0. The van der Waals surface area contributed by atoms with Crippen molar-refractivity contribution in [2.75, 3.05) is 0 Å². The second-order valence-electron chi connectivity index (χ2n) is 5.09. The predicted molar refractivity (Wildman–Crippen MR) is 71.7 cm³/mol. The smallest absolute Gasteiger partial charge is 0.241 e. The van der Waals surface area contributed by atoms with Gasteiger partial charge in [-0.3, -0.25) is 0 Å². The molecule has 0 heterocycles. The van der Waals surface area contributed by atoms with Crippen LogP contribution in [0.25, 0.3) is 0 Å². The summed E-state index contributed by atoms with van der Waals surface area (Å²) >= 11 is 0. The van der Waals surface area contributed by atoms with Gasteiger partial charge in [-0.05, 0) is 43.5 Å². The molecule has 1 aromatic carbocycles. The molecule has 1 aliphatic carbocycles. The molecule has 2 unspecified atom stereocenters. The first-order chi connectivity index (χ1) is 8.90. The Kier molecular flexibility index (Phi) is 4.23. The summed E-state index contributed by atoms with van der Waals surface area (Å²) < 4.78 is 40.2. The highest BCUT2D eigenvalue weighted by Crippen LogP contribution is 2.21. The van der Waals surface area contributed by atoms with Crippen molar-refractivity contribution in [3.8, 4) is 0 Å². The summed E-state index contributed by atoms with van der Waals surface area (Å²) in [6.07, 6.45) is 3.59. The molecule has 3 N–H and O–H groups in total. The third-order valence-corrected chi connectivity index (χ3v) is 5.20. The Morgan fingerprint density at radius 1 is 1.32 bits per heavy atom. The van der Waals surface area contributed by atoms with Crippen LogP contribution in [0.3, 0.4) is 0 Å². The third-order valence-electron chi connectivity index (χ3n) is 3.55. The molecule has 4 nitrogen and oxygen atoms in total. The SMILES string of the molecule is Cc1cc(F)ccc1S(=O)(=O)NC1CCCCC1N. The van der Waals surface area contributed by atoms with Crippen LogP contribution in [0.2, 0.25) is 0 Å². The molecule has 1 fully saturated rings. The Morgan fingerprint density at radius 3 is 2.63 bits per heavy atom. The highest BCUT2D eigenvalue weighted by molar-refractivity contribution is 7.89. The lowest BCUT2D eigenvalue weighted by Crippen LogP contribution is -2.49. The largest absolute Gasteiger partial charge is 0.326 e. The summed E-state index contributed by atoms with van der Waals surface area (Å²) in [4.78, 5) is 0.117. The van der Waals surface area contributed by atoms with Crippen molar-refractivity contribution in [3.63, 3.8) is 0 Å². The zero-order valence-electron chi connectivity index (χ0n) is 10.9. The van der Waals surface area contributed by atoms with Crippen LogP contribution in [0.15, 0.2) is 23.1 Å². The van der Waals surface area contributed by atoms with Gasteiger partial charge < -0.3 is 5.73 Å². The molecule has 1 saturated carbocycles. The van der Waals surface area contributed by atoms with E-state index in [9.17, 15) is 12.8 Å². The maximum Gasteiger partial charge on any atom is 0.241 e. The fourth-order valence-electron chi connectivity index (χ4n) is 2.48. The van der Waals surface area contributed by atoms with E-state index in [-0.39, 0.29) is 17.0 Å². The number of aryl methyl sites for hydroxylation is 1. The van der Waals surface area contributed by atoms with Crippen LogP contribution in [0, 0.1) is 12.7 Å². The van der Waals surface area contributed by atoms with Crippen molar-refractivity contribution in [1.82, 2.24) is 4.72 Å². The first-order valence-electron chi connectivity index (χ1n) is 6.44. The Bertz CT molecular complexity index is 560. The van der Waals surface area contributed by atoms with Gasteiger partial charge >= 0.3 is 0 Å². The average molecular weight is 286 g/mol. The van der Waals surface area contributed by atoms with E-state index in [0.29, 0.717) is 5.56 Å². The summed E-state index contributed by atoms with van der Waals surface area (Å²) in [5.41, 5.74) is 6.34. The lowest BCUT2D eigenvalue weighted by atomic mass is 9.92. The van der Waals surface area contributed by atoms with Crippen molar-refractivity contribution in [1.29, 1.82) is 0 Å². The van der Waals surface area contributed by atoms with Crippen molar-refractivity contribution in [3.05, 3.63) is 29.6 Å². The van der Waals surface area contributed by atoms with E-state index in [1.54, 1.807) is 6.92 Å². The zero-order valence-corrected chi connectivity index (χ0v) is 11.7. The number of hydrogen-bond donors (Lipinski definition) is 2. The Morgan fingerprint density at radius 2 is 2.00 bits per heavy atom. The summed E-state index contributed by atoms with van der Waals surface area (Å²) in [6, 6.07) is 3.28. The van der Waals surface area contributed by atoms with Crippen LogP contribution in [-0.4, -0.2) is 20.5 Å². The first-order valence-corrected chi connectivity index (χ1v) is 7.92. The first kappa shape index (κ1) is 14.4. The molecule has 0 saturated heterocycles. The van der Waals surface area contributed by atoms with Crippen molar-refractivity contribution in [2.24, 2.45) is 5.73 Å². The molecule has 0 aromatic heterocycles. The van der Waals surface area contributed by atoms with Crippen LogP contribution < -0.4 is 10.5 Å². The minimum absolute atomic E-state index is 0.117. The van der Waals surface area contributed by atoms with Gasteiger partial charge in [-0.2, -0.15) is 0 Å². The minimum atomic E-state index is -3.64.